The molecule has 0 atom stereocenters. The Bertz CT molecular complexity index is 445. The van der Waals surface area contributed by atoms with Gasteiger partial charge in [0.15, 0.2) is 0 Å². The first-order valence-corrected chi connectivity index (χ1v) is 6.77. The number of ether oxygens (including phenoxy) is 1. The smallest absolute Gasteiger partial charge is 0.232 e. The molecule has 0 radical (unpaired) electrons. The Morgan fingerprint density at radius 2 is 2.13 bits per heavy atom. The maximum absolute atomic E-state index is 11.3. The van der Waals surface area contributed by atoms with Gasteiger partial charge in [0, 0.05) is 4.47 Å². The van der Waals surface area contributed by atoms with Crippen LogP contribution in [0.25, 0.3) is 0 Å². The molecule has 0 aliphatic rings. The second kappa shape index (κ2) is 4.85. The molecule has 6 heteroatoms. The van der Waals surface area contributed by atoms with Gasteiger partial charge in [0.05, 0.1) is 18.6 Å². The fourth-order valence-corrected chi connectivity index (χ4v) is 2.19. The Kier molecular flexibility index (Phi) is 3.98. The molecule has 0 heterocycles. The van der Waals surface area contributed by atoms with E-state index in [-0.39, 0.29) is 5.75 Å². The minimum absolute atomic E-state index is 0.0471. The van der Waals surface area contributed by atoms with Crippen molar-refractivity contribution in [3.05, 3.63) is 22.7 Å². The van der Waals surface area contributed by atoms with Crippen LogP contribution in [0, 0.1) is 0 Å². The molecule has 0 saturated carbocycles. The summed E-state index contributed by atoms with van der Waals surface area (Å²) < 4.78 is 30.7. The molecule has 15 heavy (non-hydrogen) atoms. The van der Waals surface area contributed by atoms with Crippen LogP contribution in [-0.2, 0) is 10.0 Å². The largest absolute Gasteiger partial charge is 0.497 e. The first-order valence-electron chi connectivity index (χ1n) is 4.32. The maximum atomic E-state index is 11.3. The van der Waals surface area contributed by atoms with E-state index in [0.29, 0.717) is 15.9 Å². The van der Waals surface area contributed by atoms with Crippen LogP contribution in [0.1, 0.15) is 6.92 Å². The standard InChI is InChI=1S/C9H12BrNO3S/c1-3-15(12,13)11-9-5-4-7(14-2)6-8(9)10/h4-6,11H,3H2,1-2H3. The van der Waals surface area contributed by atoms with Crippen LogP contribution >= 0.6 is 15.9 Å². The molecule has 0 aliphatic carbocycles. The van der Waals surface area contributed by atoms with Gasteiger partial charge >= 0.3 is 0 Å². The molecule has 0 saturated heterocycles. The van der Waals surface area contributed by atoms with Crippen molar-refractivity contribution < 1.29 is 13.2 Å². The molecular formula is C9H12BrNO3S. The zero-order valence-corrected chi connectivity index (χ0v) is 10.9. The van der Waals surface area contributed by atoms with Crippen LogP contribution in [0.2, 0.25) is 0 Å². The topological polar surface area (TPSA) is 55.4 Å². The number of nitrogens with one attached hydrogen (secondary N) is 1. The number of methoxy groups -OCH3 is 1. The molecule has 0 aliphatic heterocycles. The van der Waals surface area contributed by atoms with E-state index in [9.17, 15) is 8.42 Å². The van der Waals surface area contributed by atoms with Crippen molar-refractivity contribution >= 4 is 31.6 Å². The Morgan fingerprint density at radius 1 is 1.47 bits per heavy atom. The molecule has 1 aromatic carbocycles. The molecule has 1 N–H and O–H groups in total. The SMILES string of the molecule is CCS(=O)(=O)Nc1ccc(OC)cc1Br. The Balaban J connectivity index is 2.97. The molecule has 0 aromatic heterocycles. The highest BCUT2D eigenvalue weighted by Crippen LogP contribution is 2.27. The van der Waals surface area contributed by atoms with Crippen molar-refractivity contribution in [1.29, 1.82) is 0 Å². The van der Waals surface area contributed by atoms with Gasteiger partial charge in [-0.05, 0) is 41.1 Å². The molecule has 84 valence electrons. The minimum Gasteiger partial charge on any atom is -0.497 e. The minimum atomic E-state index is -3.24. The fraction of sp³-hybridized carbons (Fsp3) is 0.333. The number of sulfonamides is 1. The summed E-state index contributed by atoms with van der Waals surface area (Å²) in [6, 6.07) is 5.04. The second-order valence-electron chi connectivity index (χ2n) is 2.85. The number of benzene rings is 1. The van der Waals surface area contributed by atoms with Crippen LogP contribution in [-0.4, -0.2) is 21.3 Å². The van der Waals surface area contributed by atoms with Gasteiger partial charge in [-0.3, -0.25) is 4.72 Å². The Morgan fingerprint density at radius 3 is 2.60 bits per heavy atom. The van der Waals surface area contributed by atoms with Crippen LogP contribution in [0.3, 0.4) is 0 Å². The number of halogens is 1. The molecule has 0 unspecified atom stereocenters. The van der Waals surface area contributed by atoms with Crippen molar-refractivity contribution in [3.63, 3.8) is 0 Å². The van der Waals surface area contributed by atoms with E-state index < -0.39 is 10.0 Å². The summed E-state index contributed by atoms with van der Waals surface area (Å²) in [5.41, 5.74) is 0.512. The van der Waals surface area contributed by atoms with Gasteiger partial charge in [0.25, 0.3) is 0 Å². The third kappa shape index (κ3) is 3.39. The van der Waals surface area contributed by atoms with Crippen molar-refractivity contribution in [2.45, 2.75) is 6.92 Å². The monoisotopic (exact) mass is 293 g/mol. The zero-order valence-electron chi connectivity index (χ0n) is 8.45. The quantitative estimate of drug-likeness (QED) is 0.926. The van der Waals surface area contributed by atoms with E-state index in [4.69, 9.17) is 4.74 Å². The molecule has 4 nitrogen and oxygen atoms in total. The predicted molar refractivity (Wildman–Crippen MR) is 63.8 cm³/mol. The summed E-state index contributed by atoms with van der Waals surface area (Å²) >= 11 is 3.26. The predicted octanol–water partition coefficient (Wildman–Crippen LogP) is 2.22. The summed E-state index contributed by atoms with van der Waals surface area (Å²) in [6.45, 7) is 1.58. The lowest BCUT2D eigenvalue weighted by atomic mass is 10.3. The molecule has 1 aromatic rings. The van der Waals surface area contributed by atoms with E-state index in [1.54, 1.807) is 32.2 Å². The number of hydrogen-bond acceptors (Lipinski definition) is 3. The lowest BCUT2D eigenvalue weighted by Crippen LogP contribution is -2.14. The Hall–Kier alpha value is -0.750. The van der Waals surface area contributed by atoms with Crippen LogP contribution in [0.5, 0.6) is 5.75 Å². The third-order valence-electron chi connectivity index (χ3n) is 1.82. The Labute approximate surface area is 97.8 Å². The first-order chi connectivity index (χ1) is 6.98. The number of anilines is 1. The highest BCUT2D eigenvalue weighted by atomic mass is 79.9. The molecule has 0 amide bonds. The number of rotatable bonds is 4. The molecular weight excluding hydrogens is 282 g/mol. The van der Waals surface area contributed by atoms with E-state index in [1.165, 1.54) is 0 Å². The van der Waals surface area contributed by atoms with E-state index in [2.05, 4.69) is 20.7 Å². The highest BCUT2D eigenvalue weighted by molar-refractivity contribution is 9.10. The van der Waals surface area contributed by atoms with Gasteiger partial charge in [-0.2, -0.15) is 0 Å². The summed E-state index contributed by atoms with van der Waals surface area (Å²) in [4.78, 5) is 0. The zero-order chi connectivity index (χ0) is 11.5. The average molecular weight is 294 g/mol. The van der Waals surface area contributed by atoms with Crippen LogP contribution in [0.15, 0.2) is 22.7 Å². The summed E-state index contributed by atoms with van der Waals surface area (Å²) in [7, 11) is -1.68. The van der Waals surface area contributed by atoms with E-state index in [1.807, 2.05) is 0 Å². The molecule has 0 bridgehead atoms. The van der Waals surface area contributed by atoms with Crippen molar-refractivity contribution in [1.82, 2.24) is 0 Å². The third-order valence-corrected chi connectivity index (χ3v) is 3.77. The van der Waals surface area contributed by atoms with E-state index in [0.717, 1.165) is 0 Å². The van der Waals surface area contributed by atoms with Crippen molar-refractivity contribution in [3.8, 4) is 5.75 Å². The van der Waals surface area contributed by atoms with Gasteiger partial charge in [-0.1, -0.05) is 0 Å². The normalized spacial score (nSPS) is 11.1. The summed E-state index contributed by atoms with van der Waals surface area (Å²) in [5.74, 6) is 0.715. The van der Waals surface area contributed by atoms with Gasteiger partial charge in [0.2, 0.25) is 10.0 Å². The van der Waals surface area contributed by atoms with E-state index >= 15 is 0 Å². The lowest BCUT2D eigenvalue weighted by molar-refractivity contribution is 0.414. The molecule has 0 fully saturated rings. The van der Waals surface area contributed by atoms with Gasteiger partial charge in [0.1, 0.15) is 5.75 Å². The summed E-state index contributed by atoms with van der Waals surface area (Å²) in [6.07, 6.45) is 0. The fourth-order valence-electron chi connectivity index (χ4n) is 0.945. The van der Waals surface area contributed by atoms with Gasteiger partial charge < -0.3 is 4.74 Å². The van der Waals surface area contributed by atoms with Crippen LogP contribution in [0.4, 0.5) is 5.69 Å². The van der Waals surface area contributed by atoms with Crippen LogP contribution < -0.4 is 9.46 Å². The average Bonchev–Trinajstić information content (AvgIpc) is 2.21. The maximum Gasteiger partial charge on any atom is 0.232 e. The molecule has 0 spiro atoms. The van der Waals surface area contributed by atoms with Gasteiger partial charge in [-0.25, -0.2) is 8.42 Å². The van der Waals surface area contributed by atoms with Crippen molar-refractivity contribution in [2.75, 3.05) is 17.6 Å². The van der Waals surface area contributed by atoms with Gasteiger partial charge in [-0.15, -0.1) is 0 Å². The number of hydrogen-bond donors (Lipinski definition) is 1. The summed E-state index contributed by atoms with van der Waals surface area (Å²) in [5, 5.41) is 0. The lowest BCUT2D eigenvalue weighted by Gasteiger charge is -2.09. The highest BCUT2D eigenvalue weighted by Gasteiger charge is 2.09. The second-order valence-corrected chi connectivity index (χ2v) is 5.72. The first kappa shape index (κ1) is 12.3. The van der Waals surface area contributed by atoms with Crippen molar-refractivity contribution in [2.24, 2.45) is 0 Å². The molecule has 1 rings (SSSR count).